The maximum Gasteiger partial charge on any atom is 0.229 e. The van der Waals surface area contributed by atoms with Crippen LogP contribution in [0.2, 0.25) is 5.28 Å². The molecule has 1 aromatic rings. The van der Waals surface area contributed by atoms with E-state index in [0.29, 0.717) is 17.9 Å². The fraction of sp³-hybridized carbons (Fsp3) is 0.769. The Balaban J connectivity index is 2.15. The summed E-state index contributed by atoms with van der Waals surface area (Å²) in [5.41, 5.74) is 0.143. The van der Waals surface area contributed by atoms with Crippen LogP contribution < -0.4 is 16.0 Å². The van der Waals surface area contributed by atoms with Gasteiger partial charge in [-0.15, -0.1) is 0 Å². The summed E-state index contributed by atoms with van der Waals surface area (Å²) in [6.45, 7) is 8.84. The van der Waals surface area contributed by atoms with E-state index in [2.05, 4.69) is 58.6 Å². The molecule has 7 heteroatoms. The highest BCUT2D eigenvalue weighted by Gasteiger charge is 2.37. The van der Waals surface area contributed by atoms with E-state index >= 15 is 0 Å². The molecule has 1 aliphatic rings. The molecule has 6 nitrogen and oxygen atoms in total. The number of nitrogens with one attached hydrogen (secondary N) is 3. The van der Waals surface area contributed by atoms with Crippen molar-refractivity contribution in [1.82, 2.24) is 20.3 Å². The molecule has 1 saturated heterocycles. The third-order valence-corrected chi connectivity index (χ3v) is 3.52. The average Bonchev–Trinajstić information content (AvgIpc) is 2.23. The van der Waals surface area contributed by atoms with Crippen molar-refractivity contribution in [3.05, 3.63) is 5.28 Å². The summed E-state index contributed by atoms with van der Waals surface area (Å²) in [5, 5.41) is 10.1. The lowest BCUT2D eigenvalue weighted by Crippen LogP contribution is -2.60. The molecule has 0 unspecified atom stereocenters. The van der Waals surface area contributed by atoms with Crippen LogP contribution in [0, 0.1) is 0 Å². The Bertz CT molecular complexity index is 472. The number of halogens is 1. The van der Waals surface area contributed by atoms with Crippen LogP contribution in [0.3, 0.4) is 0 Å². The predicted octanol–water partition coefficient (Wildman–Crippen LogP) is 2.29. The van der Waals surface area contributed by atoms with Gasteiger partial charge in [0.1, 0.15) is 0 Å². The monoisotopic (exact) mass is 298 g/mol. The standard InChI is InChI=1S/C13H23ClN6/c1-12(2)6-8(7-13(3,4)20-12)16-11-18-9(14)17-10(15-5)19-11/h8,20H,6-7H2,1-5H3,(H2,15,16,17,18,19). The van der Waals surface area contributed by atoms with Gasteiger partial charge in [-0.1, -0.05) is 0 Å². The van der Waals surface area contributed by atoms with Crippen molar-refractivity contribution in [2.75, 3.05) is 17.7 Å². The van der Waals surface area contributed by atoms with Gasteiger partial charge in [-0.2, -0.15) is 15.0 Å². The van der Waals surface area contributed by atoms with Crippen molar-refractivity contribution in [1.29, 1.82) is 0 Å². The van der Waals surface area contributed by atoms with Crippen molar-refractivity contribution >= 4 is 23.5 Å². The molecule has 0 radical (unpaired) electrons. The fourth-order valence-electron chi connectivity index (χ4n) is 3.13. The van der Waals surface area contributed by atoms with E-state index in [0.717, 1.165) is 12.8 Å². The number of hydrogen-bond donors (Lipinski definition) is 3. The zero-order valence-corrected chi connectivity index (χ0v) is 13.5. The van der Waals surface area contributed by atoms with Crippen molar-refractivity contribution in [3.63, 3.8) is 0 Å². The van der Waals surface area contributed by atoms with Gasteiger partial charge in [0.05, 0.1) is 0 Å². The fourth-order valence-corrected chi connectivity index (χ4v) is 3.29. The summed E-state index contributed by atoms with van der Waals surface area (Å²) in [7, 11) is 1.76. The molecular formula is C13H23ClN6. The van der Waals surface area contributed by atoms with Crippen molar-refractivity contribution < 1.29 is 0 Å². The molecule has 1 fully saturated rings. The van der Waals surface area contributed by atoms with E-state index < -0.39 is 0 Å². The average molecular weight is 299 g/mol. The third kappa shape index (κ3) is 3.93. The normalized spacial score (nSPS) is 21.5. The molecule has 2 rings (SSSR count). The third-order valence-electron chi connectivity index (χ3n) is 3.36. The molecule has 0 amide bonds. The largest absolute Gasteiger partial charge is 0.357 e. The van der Waals surface area contributed by atoms with E-state index in [1.54, 1.807) is 7.05 Å². The summed E-state index contributed by atoms with van der Waals surface area (Å²) in [5.74, 6) is 0.993. The first-order chi connectivity index (χ1) is 9.19. The molecule has 0 aromatic carbocycles. The number of anilines is 2. The van der Waals surface area contributed by atoms with Gasteiger partial charge in [-0.3, -0.25) is 0 Å². The minimum atomic E-state index is 0.0715. The maximum absolute atomic E-state index is 5.90. The molecule has 1 aromatic heterocycles. The van der Waals surface area contributed by atoms with Gasteiger partial charge in [0.25, 0.3) is 0 Å². The summed E-state index contributed by atoms with van der Waals surface area (Å²) >= 11 is 5.90. The van der Waals surface area contributed by atoms with E-state index in [4.69, 9.17) is 11.6 Å². The molecule has 0 bridgehead atoms. The molecular weight excluding hydrogens is 276 g/mol. The van der Waals surface area contributed by atoms with Crippen LogP contribution in [0.1, 0.15) is 40.5 Å². The number of aromatic nitrogens is 3. The minimum absolute atomic E-state index is 0.0715. The molecule has 2 heterocycles. The molecule has 20 heavy (non-hydrogen) atoms. The van der Waals surface area contributed by atoms with Gasteiger partial charge in [-0.05, 0) is 52.1 Å². The molecule has 0 saturated carbocycles. The second kappa shape index (κ2) is 5.33. The Hall–Kier alpha value is -1.14. The highest BCUT2D eigenvalue weighted by atomic mass is 35.5. The van der Waals surface area contributed by atoms with Gasteiger partial charge in [0.2, 0.25) is 17.2 Å². The molecule has 112 valence electrons. The lowest BCUT2D eigenvalue weighted by Gasteiger charge is -2.46. The van der Waals surface area contributed by atoms with Gasteiger partial charge >= 0.3 is 0 Å². The lowest BCUT2D eigenvalue weighted by molar-refractivity contribution is 0.170. The minimum Gasteiger partial charge on any atom is -0.357 e. The highest BCUT2D eigenvalue weighted by Crippen LogP contribution is 2.30. The Labute approximate surface area is 125 Å². The van der Waals surface area contributed by atoms with Crippen LogP contribution in [-0.4, -0.2) is 39.1 Å². The Kier molecular flexibility index (Phi) is 4.07. The SMILES string of the molecule is CNc1nc(Cl)nc(NC2CC(C)(C)NC(C)(C)C2)n1. The second-order valence-electron chi connectivity index (χ2n) is 6.64. The van der Waals surface area contributed by atoms with Gasteiger partial charge in [0.15, 0.2) is 0 Å². The molecule has 0 spiro atoms. The van der Waals surface area contributed by atoms with E-state index in [1.165, 1.54) is 0 Å². The first kappa shape index (κ1) is 15.3. The second-order valence-corrected chi connectivity index (χ2v) is 6.98. The zero-order chi connectivity index (χ0) is 15.0. The number of hydrogen-bond acceptors (Lipinski definition) is 6. The van der Waals surface area contributed by atoms with Crippen LogP contribution in [0.5, 0.6) is 0 Å². The maximum atomic E-state index is 5.90. The van der Waals surface area contributed by atoms with Crippen LogP contribution in [-0.2, 0) is 0 Å². The van der Waals surface area contributed by atoms with Gasteiger partial charge in [0, 0.05) is 24.2 Å². The molecule has 0 aliphatic carbocycles. The Morgan fingerprint density at radius 1 is 1.05 bits per heavy atom. The Morgan fingerprint density at radius 2 is 1.60 bits per heavy atom. The van der Waals surface area contributed by atoms with Gasteiger partial charge in [-0.25, -0.2) is 0 Å². The highest BCUT2D eigenvalue weighted by molar-refractivity contribution is 6.28. The van der Waals surface area contributed by atoms with E-state index in [1.807, 2.05) is 0 Å². The quantitative estimate of drug-likeness (QED) is 0.795. The van der Waals surface area contributed by atoms with Crippen molar-refractivity contribution in [2.45, 2.75) is 57.7 Å². The van der Waals surface area contributed by atoms with Crippen molar-refractivity contribution in [3.8, 4) is 0 Å². The van der Waals surface area contributed by atoms with Crippen LogP contribution in [0.15, 0.2) is 0 Å². The first-order valence-electron chi connectivity index (χ1n) is 6.84. The van der Waals surface area contributed by atoms with Gasteiger partial charge < -0.3 is 16.0 Å². The zero-order valence-electron chi connectivity index (χ0n) is 12.7. The van der Waals surface area contributed by atoms with Crippen LogP contribution in [0.25, 0.3) is 0 Å². The molecule has 3 N–H and O–H groups in total. The number of piperidine rings is 1. The first-order valence-corrected chi connectivity index (χ1v) is 7.22. The lowest BCUT2D eigenvalue weighted by atomic mass is 9.80. The van der Waals surface area contributed by atoms with Crippen LogP contribution in [0.4, 0.5) is 11.9 Å². The summed E-state index contributed by atoms with van der Waals surface area (Å²) in [6, 6.07) is 0.296. The summed E-state index contributed by atoms with van der Waals surface area (Å²) in [6.07, 6.45) is 1.99. The number of rotatable bonds is 3. The molecule has 0 atom stereocenters. The van der Waals surface area contributed by atoms with Crippen LogP contribution >= 0.6 is 11.6 Å². The molecule has 1 aliphatic heterocycles. The predicted molar refractivity (Wildman–Crippen MR) is 82.3 cm³/mol. The summed E-state index contributed by atoms with van der Waals surface area (Å²) < 4.78 is 0. The number of nitrogens with zero attached hydrogens (tertiary/aromatic N) is 3. The van der Waals surface area contributed by atoms with E-state index in [9.17, 15) is 0 Å². The summed E-state index contributed by atoms with van der Waals surface area (Å²) in [4.78, 5) is 12.4. The smallest absolute Gasteiger partial charge is 0.229 e. The van der Waals surface area contributed by atoms with E-state index in [-0.39, 0.29) is 16.4 Å². The Morgan fingerprint density at radius 3 is 2.15 bits per heavy atom. The topological polar surface area (TPSA) is 74.8 Å². The van der Waals surface area contributed by atoms with Crippen molar-refractivity contribution in [2.24, 2.45) is 0 Å².